The van der Waals surface area contributed by atoms with Crippen molar-refractivity contribution in [3.8, 4) is 5.75 Å². The molecule has 1 N–H and O–H groups in total. The van der Waals surface area contributed by atoms with Crippen LogP contribution in [0.25, 0.3) is 0 Å². The van der Waals surface area contributed by atoms with Crippen molar-refractivity contribution in [3.63, 3.8) is 0 Å². The zero-order valence-electron chi connectivity index (χ0n) is 10.1. The zero-order valence-corrected chi connectivity index (χ0v) is 10.1. The van der Waals surface area contributed by atoms with Crippen LogP contribution < -0.4 is 4.74 Å². The number of hydrogen-bond donors (Lipinski definition) is 1. The summed E-state index contributed by atoms with van der Waals surface area (Å²) in [6.45, 7) is 1.56. The molecule has 0 fully saturated rings. The van der Waals surface area contributed by atoms with Crippen molar-refractivity contribution >= 4 is 11.5 Å². The van der Waals surface area contributed by atoms with Gasteiger partial charge in [-0.2, -0.15) is 0 Å². The third-order valence-corrected chi connectivity index (χ3v) is 2.21. The predicted molar refractivity (Wildman–Crippen MR) is 62.5 cm³/mol. The first-order valence-corrected chi connectivity index (χ1v) is 5.31. The Bertz CT molecular complexity index is 459. The molecule has 0 spiro atoms. The van der Waals surface area contributed by atoms with Crippen LogP contribution in [-0.4, -0.2) is 30.6 Å². The Kier molecular flexibility index (Phi) is 5.26. The Balaban J connectivity index is 3.18. The highest BCUT2D eigenvalue weighted by atomic mass is 19.1. The van der Waals surface area contributed by atoms with E-state index < -0.39 is 11.6 Å². The summed E-state index contributed by atoms with van der Waals surface area (Å²) in [5.74, 6) is -0.752. The number of carbonyl (C=O) groups excluding carboxylic acids is 1. The largest absolute Gasteiger partial charge is 0.467 e. The molecule has 0 unspecified atom stereocenters. The molecule has 0 aliphatic carbocycles. The van der Waals surface area contributed by atoms with E-state index in [-0.39, 0.29) is 30.2 Å². The van der Waals surface area contributed by atoms with Gasteiger partial charge < -0.3 is 14.7 Å². The normalized spacial score (nSPS) is 11.4. The van der Waals surface area contributed by atoms with Gasteiger partial charge >= 0.3 is 0 Å². The monoisotopic (exact) mass is 255 g/mol. The molecule has 0 aliphatic heterocycles. The first-order valence-electron chi connectivity index (χ1n) is 5.31. The quantitative estimate of drug-likeness (QED) is 0.365. The highest BCUT2D eigenvalue weighted by Gasteiger charge is 2.18. The van der Waals surface area contributed by atoms with E-state index in [9.17, 15) is 9.18 Å². The molecule has 0 saturated carbocycles. The van der Waals surface area contributed by atoms with Gasteiger partial charge in [0.05, 0.1) is 5.56 Å². The van der Waals surface area contributed by atoms with Crippen LogP contribution in [0.3, 0.4) is 0 Å². The second kappa shape index (κ2) is 6.70. The van der Waals surface area contributed by atoms with Gasteiger partial charge in [-0.25, -0.2) is 4.39 Å². The van der Waals surface area contributed by atoms with Crippen LogP contribution in [0.1, 0.15) is 18.9 Å². The molecular weight excluding hydrogens is 241 g/mol. The Morgan fingerprint density at radius 3 is 2.78 bits per heavy atom. The van der Waals surface area contributed by atoms with E-state index in [0.29, 0.717) is 0 Å². The fraction of sp³-hybridized carbons (Fsp3) is 0.333. The van der Waals surface area contributed by atoms with Crippen LogP contribution in [0.15, 0.2) is 23.4 Å². The minimum atomic E-state index is -0.556. The molecule has 1 aromatic carbocycles. The fourth-order valence-corrected chi connectivity index (χ4v) is 1.36. The van der Waals surface area contributed by atoms with Gasteiger partial charge in [0.1, 0.15) is 11.6 Å². The number of ketones is 1. The highest BCUT2D eigenvalue weighted by molar-refractivity contribution is 6.46. The second-order valence-electron chi connectivity index (χ2n) is 3.42. The van der Waals surface area contributed by atoms with E-state index in [4.69, 9.17) is 14.7 Å². The van der Waals surface area contributed by atoms with Crippen LogP contribution in [0.4, 0.5) is 4.39 Å². The summed E-state index contributed by atoms with van der Waals surface area (Å²) < 4.78 is 23.1. The van der Waals surface area contributed by atoms with Gasteiger partial charge in [0.25, 0.3) is 0 Å². The molecule has 0 bridgehead atoms. The molecule has 0 radical (unpaired) electrons. The SMILES string of the molecule is CCC(=O)/C(=N/O)c1cc(F)ccc1OCOC. The van der Waals surface area contributed by atoms with E-state index in [0.717, 1.165) is 6.07 Å². The van der Waals surface area contributed by atoms with Gasteiger partial charge in [0.15, 0.2) is 18.3 Å². The average molecular weight is 255 g/mol. The number of hydrogen-bond acceptors (Lipinski definition) is 5. The van der Waals surface area contributed by atoms with Crippen LogP contribution >= 0.6 is 0 Å². The Morgan fingerprint density at radius 1 is 1.50 bits per heavy atom. The molecule has 5 nitrogen and oxygen atoms in total. The second-order valence-corrected chi connectivity index (χ2v) is 3.42. The Labute approximate surface area is 104 Å². The number of benzene rings is 1. The highest BCUT2D eigenvalue weighted by Crippen LogP contribution is 2.21. The predicted octanol–water partition coefficient (Wildman–Crippen LogP) is 1.97. The van der Waals surface area contributed by atoms with Crippen LogP contribution in [-0.2, 0) is 9.53 Å². The standard InChI is InChI=1S/C12H14FNO4/c1-3-10(15)12(14-16)9-6-8(13)4-5-11(9)18-7-17-2/h4-6,16H,3,7H2,1-2H3/b14-12+. The summed E-state index contributed by atoms with van der Waals surface area (Å²) in [5, 5.41) is 11.8. The number of halogens is 1. The van der Waals surface area contributed by atoms with E-state index in [2.05, 4.69) is 5.16 Å². The molecule has 98 valence electrons. The van der Waals surface area contributed by atoms with Crippen molar-refractivity contribution in [1.29, 1.82) is 0 Å². The molecule has 1 rings (SSSR count). The van der Waals surface area contributed by atoms with Crippen molar-refractivity contribution in [2.45, 2.75) is 13.3 Å². The molecule has 0 aliphatic rings. The van der Waals surface area contributed by atoms with Crippen LogP contribution in [0, 0.1) is 5.82 Å². The van der Waals surface area contributed by atoms with Crippen molar-refractivity contribution in [1.82, 2.24) is 0 Å². The summed E-state index contributed by atoms with van der Waals surface area (Å²) in [7, 11) is 1.43. The average Bonchev–Trinajstić information content (AvgIpc) is 2.38. The van der Waals surface area contributed by atoms with Crippen molar-refractivity contribution in [2.24, 2.45) is 5.16 Å². The zero-order chi connectivity index (χ0) is 13.5. The maximum atomic E-state index is 13.2. The molecule has 0 amide bonds. The van der Waals surface area contributed by atoms with Crippen molar-refractivity contribution in [3.05, 3.63) is 29.6 Å². The van der Waals surface area contributed by atoms with Crippen molar-refractivity contribution in [2.75, 3.05) is 13.9 Å². The molecule has 0 atom stereocenters. The molecular formula is C12H14FNO4. The van der Waals surface area contributed by atoms with Crippen LogP contribution in [0.5, 0.6) is 5.75 Å². The Morgan fingerprint density at radius 2 is 2.22 bits per heavy atom. The molecule has 6 heteroatoms. The minimum absolute atomic E-state index is 0.0579. The topological polar surface area (TPSA) is 68.1 Å². The summed E-state index contributed by atoms with van der Waals surface area (Å²) in [6.07, 6.45) is 0.139. The summed E-state index contributed by atoms with van der Waals surface area (Å²) in [6, 6.07) is 3.60. The molecule has 1 aromatic rings. The number of methoxy groups -OCH3 is 1. The van der Waals surface area contributed by atoms with Crippen molar-refractivity contribution < 1.29 is 23.9 Å². The van der Waals surface area contributed by atoms with Gasteiger partial charge in [-0.05, 0) is 18.2 Å². The van der Waals surface area contributed by atoms with E-state index in [1.165, 1.54) is 19.2 Å². The van der Waals surface area contributed by atoms with E-state index in [1.807, 2.05) is 0 Å². The molecule has 0 heterocycles. The minimum Gasteiger partial charge on any atom is -0.467 e. The van der Waals surface area contributed by atoms with Gasteiger partial charge in [-0.15, -0.1) is 0 Å². The summed E-state index contributed by atoms with van der Waals surface area (Å²) in [4.78, 5) is 11.6. The van der Waals surface area contributed by atoms with Crippen LogP contribution in [0.2, 0.25) is 0 Å². The first-order chi connectivity index (χ1) is 8.63. The lowest BCUT2D eigenvalue weighted by Crippen LogP contribution is -2.16. The number of oxime groups is 1. The fourth-order valence-electron chi connectivity index (χ4n) is 1.36. The number of rotatable bonds is 6. The lowest BCUT2D eigenvalue weighted by Gasteiger charge is -2.11. The number of ether oxygens (including phenoxy) is 2. The maximum Gasteiger partial charge on any atom is 0.188 e. The Hall–Kier alpha value is -1.95. The first kappa shape index (κ1) is 14.1. The number of nitrogens with zero attached hydrogens (tertiary/aromatic N) is 1. The third kappa shape index (κ3) is 3.27. The molecule has 0 aromatic heterocycles. The number of carbonyl (C=O) groups is 1. The lowest BCUT2D eigenvalue weighted by molar-refractivity contribution is -0.112. The third-order valence-electron chi connectivity index (χ3n) is 2.21. The summed E-state index contributed by atoms with van der Waals surface area (Å²) in [5.41, 5.74) is -0.135. The maximum absolute atomic E-state index is 13.2. The van der Waals surface area contributed by atoms with Gasteiger partial charge in [0.2, 0.25) is 0 Å². The lowest BCUT2D eigenvalue weighted by atomic mass is 10.0. The van der Waals surface area contributed by atoms with Gasteiger partial charge in [-0.3, -0.25) is 4.79 Å². The smallest absolute Gasteiger partial charge is 0.188 e. The molecule has 18 heavy (non-hydrogen) atoms. The molecule has 0 saturated heterocycles. The van der Waals surface area contributed by atoms with E-state index in [1.54, 1.807) is 6.92 Å². The van der Waals surface area contributed by atoms with Gasteiger partial charge in [-0.1, -0.05) is 12.1 Å². The summed E-state index contributed by atoms with van der Waals surface area (Å²) >= 11 is 0. The van der Waals surface area contributed by atoms with Gasteiger partial charge in [0, 0.05) is 13.5 Å². The van der Waals surface area contributed by atoms with E-state index >= 15 is 0 Å². The number of Topliss-reactive ketones (excluding diaryl/α,β-unsaturated/α-hetero) is 1.